The number of nitrogens with zero attached hydrogens (tertiary/aromatic N) is 4. The van der Waals surface area contributed by atoms with Crippen LogP contribution in [0.15, 0.2) is 29.2 Å². The van der Waals surface area contributed by atoms with E-state index < -0.39 is 10.7 Å². The van der Waals surface area contributed by atoms with Crippen molar-refractivity contribution >= 4 is 5.82 Å². The summed E-state index contributed by atoms with van der Waals surface area (Å²) >= 11 is 0. The summed E-state index contributed by atoms with van der Waals surface area (Å²) in [4.78, 5) is 9.76. The summed E-state index contributed by atoms with van der Waals surface area (Å²) in [6, 6.07) is 3.44. The molecule has 66 valence electrons. The van der Waals surface area contributed by atoms with Crippen molar-refractivity contribution in [1.29, 1.82) is 0 Å². The quantitative estimate of drug-likeness (QED) is 0.503. The van der Waals surface area contributed by atoms with Gasteiger partial charge in [0.15, 0.2) is 5.16 Å². The van der Waals surface area contributed by atoms with Crippen molar-refractivity contribution in [1.82, 2.24) is 14.9 Å². The van der Waals surface area contributed by atoms with Gasteiger partial charge in [-0.15, -0.1) is 4.63 Å². The standard InChI is InChI=1S/C6H4N4O3/c11-10(12)6-5(7-13-8-6)9-3-1-2-4-9/h1-4H. The van der Waals surface area contributed by atoms with Gasteiger partial charge in [-0.05, 0) is 17.1 Å². The van der Waals surface area contributed by atoms with E-state index in [0.717, 1.165) is 0 Å². The molecule has 7 nitrogen and oxygen atoms in total. The van der Waals surface area contributed by atoms with Crippen LogP contribution in [0, 0.1) is 10.1 Å². The van der Waals surface area contributed by atoms with Gasteiger partial charge in [0.1, 0.15) is 0 Å². The molecule has 0 fully saturated rings. The molecule has 0 aliphatic rings. The molecule has 0 aliphatic carbocycles. The Balaban J connectivity index is 2.52. The van der Waals surface area contributed by atoms with Crippen molar-refractivity contribution in [2.75, 3.05) is 0 Å². The van der Waals surface area contributed by atoms with Gasteiger partial charge in [-0.1, -0.05) is 0 Å². The van der Waals surface area contributed by atoms with Gasteiger partial charge >= 0.3 is 5.82 Å². The molecule has 2 heterocycles. The van der Waals surface area contributed by atoms with E-state index in [1.54, 1.807) is 24.5 Å². The molecule has 0 aliphatic heterocycles. The lowest BCUT2D eigenvalue weighted by Gasteiger charge is -1.92. The molecule has 2 aromatic heterocycles. The Morgan fingerprint density at radius 2 is 2.08 bits per heavy atom. The topological polar surface area (TPSA) is 87.0 Å². The highest BCUT2D eigenvalue weighted by Crippen LogP contribution is 2.16. The second-order valence-electron chi connectivity index (χ2n) is 2.26. The van der Waals surface area contributed by atoms with Crippen molar-refractivity contribution in [3.63, 3.8) is 0 Å². The monoisotopic (exact) mass is 180 g/mol. The van der Waals surface area contributed by atoms with E-state index in [-0.39, 0.29) is 5.82 Å². The first kappa shape index (κ1) is 7.47. The van der Waals surface area contributed by atoms with E-state index in [2.05, 4.69) is 14.9 Å². The average Bonchev–Trinajstić information content (AvgIpc) is 2.74. The van der Waals surface area contributed by atoms with E-state index in [0.29, 0.717) is 0 Å². The summed E-state index contributed by atoms with van der Waals surface area (Å²) in [7, 11) is 0. The fraction of sp³-hybridized carbons (Fsp3) is 0. The molecule has 0 saturated carbocycles. The van der Waals surface area contributed by atoms with Crippen LogP contribution in [0.5, 0.6) is 0 Å². The first-order valence-electron chi connectivity index (χ1n) is 3.39. The number of aromatic nitrogens is 3. The predicted octanol–water partition coefficient (Wildman–Crippen LogP) is 0.768. The van der Waals surface area contributed by atoms with Gasteiger partial charge in [0, 0.05) is 17.6 Å². The first-order valence-corrected chi connectivity index (χ1v) is 3.39. The third kappa shape index (κ3) is 1.15. The zero-order chi connectivity index (χ0) is 9.26. The summed E-state index contributed by atoms with van der Waals surface area (Å²) in [5.41, 5.74) is 0. The average molecular weight is 180 g/mol. The van der Waals surface area contributed by atoms with Crippen molar-refractivity contribution in [3.05, 3.63) is 34.6 Å². The van der Waals surface area contributed by atoms with E-state index in [1.165, 1.54) is 4.57 Å². The third-order valence-corrected chi connectivity index (χ3v) is 1.48. The second kappa shape index (κ2) is 2.70. The van der Waals surface area contributed by atoms with Gasteiger partial charge in [-0.3, -0.25) is 4.57 Å². The number of hydrogen-bond acceptors (Lipinski definition) is 5. The van der Waals surface area contributed by atoms with Gasteiger partial charge < -0.3 is 10.1 Å². The SMILES string of the molecule is O=[N+]([O-])c1nonc1-n1cccc1. The molecule has 0 spiro atoms. The molecule has 13 heavy (non-hydrogen) atoms. The van der Waals surface area contributed by atoms with Crippen LogP contribution in [0.2, 0.25) is 0 Å². The van der Waals surface area contributed by atoms with Crippen LogP contribution in [0.3, 0.4) is 0 Å². The molecule has 0 aromatic carbocycles. The zero-order valence-corrected chi connectivity index (χ0v) is 6.32. The van der Waals surface area contributed by atoms with E-state index in [9.17, 15) is 10.1 Å². The molecule has 0 amide bonds. The predicted molar refractivity (Wildman–Crippen MR) is 40.3 cm³/mol. The Labute approximate surface area is 71.7 Å². The highest BCUT2D eigenvalue weighted by Gasteiger charge is 2.22. The Hall–Kier alpha value is -2.18. The van der Waals surface area contributed by atoms with Crippen LogP contribution in [0.4, 0.5) is 5.82 Å². The highest BCUT2D eigenvalue weighted by atomic mass is 16.6. The van der Waals surface area contributed by atoms with E-state index >= 15 is 0 Å². The van der Waals surface area contributed by atoms with E-state index in [4.69, 9.17) is 0 Å². The molecular formula is C6H4N4O3. The first-order chi connectivity index (χ1) is 6.29. The van der Waals surface area contributed by atoms with Crippen LogP contribution >= 0.6 is 0 Å². The van der Waals surface area contributed by atoms with Crippen molar-refractivity contribution in [2.45, 2.75) is 0 Å². The van der Waals surface area contributed by atoms with Crippen LogP contribution in [0.1, 0.15) is 0 Å². The Morgan fingerprint density at radius 1 is 1.38 bits per heavy atom. The summed E-state index contributed by atoms with van der Waals surface area (Å²) in [5, 5.41) is 17.0. The van der Waals surface area contributed by atoms with Gasteiger partial charge in [0.25, 0.3) is 5.82 Å². The fourth-order valence-electron chi connectivity index (χ4n) is 0.933. The zero-order valence-electron chi connectivity index (χ0n) is 6.32. The summed E-state index contributed by atoms with van der Waals surface area (Å²) in [6.07, 6.45) is 3.24. The molecule has 0 radical (unpaired) electrons. The maximum absolute atomic E-state index is 10.4. The Bertz CT molecular complexity index is 419. The molecule has 0 atom stereocenters. The largest absolute Gasteiger partial charge is 0.459 e. The fourth-order valence-corrected chi connectivity index (χ4v) is 0.933. The third-order valence-electron chi connectivity index (χ3n) is 1.48. The van der Waals surface area contributed by atoms with Gasteiger partial charge in [0.05, 0.1) is 0 Å². The molecule has 0 N–H and O–H groups in total. The minimum atomic E-state index is -0.647. The molecule has 2 aromatic rings. The lowest BCUT2D eigenvalue weighted by atomic mass is 10.6. The lowest BCUT2D eigenvalue weighted by molar-refractivity contribution is -0.390. The van der Waals surface area contributed by atoms with E-state index in [1.807, 2.05) is 0 Å². The maximum atomic E-state index is 10.4. The highest BCUT2D eigenvalue weighted by molar-refractivity contribution is 5.38. The molecule has 7 heteroatoms. The minimum Gasteiger partial charge on any atom is -0.358 e. The van der Waals surface area contributed by atoms with Crippen LogP contribution < -0.4 is 0 Å². The summed E-state index contributed by atoms with van der Waals surface area (Å²) in [6.45, 7) is 0. The summed E-state index contributed by atoms with van der Waals surface area (Å²) < 4.78 is 5.72. The molecule has 0 unspecified atom stereocenters. The maximum Gasteiger partial charge on any atom is 0.459 e. The minimum absolute atomic E-state index is 0.0787. The second-order valence-corrected chi connectivity index (χ2v) is 2.26. The number of rotatable bonds is 2. The van der Waals surface area contributed by atoms with Crippen LogP contribution in [-0.4, -0.2) is 19.8 Å². The van der Waals surface area contributed by atoms with Crippen molar-refractivity contribution < 1.29 is 9.55 Å². The Morgan fingerprint density at radius 3 is 2.69 bits per heavy atom. The molecular weight excluding hydrogens is 176 g/mol. The van der Waals surface area contributed by atoms with Crippen molar-refractivity contribution in [2.24, 2.45) is 0 Å². The van der Waals surface area contributed by atoms with Crippen LogP contribution in [-0.2, 0) is 0 Å². The molecule has 2 rings (SSSR count). The molecule has 0 bridgehead atoms. The van der Waals surface area contributed by atoms with Crippen molar-refractivity contribution in [3.8, 4) is 5.82 Å². The Kier molecular flexibility index (Phi) is 1.55. The number of hydrogen-bond donors (Lipinski definition) is 0. The smallest absolute Gasteiger partial charge is 0.358 e. The lowest BCUT2D eigenvalue weighted by Crippen LogP contribution is -1.96. The summed E-state index contributed by atoms with van der Waals surface area (Å²) in [5.74, 6) is -0.314. The van der Waals surface area contributed by atoms with Gasteiger partial charge in [-0.25, -0.2) is 0 Å². The van der Waals surface area contributed by atoms with Gasteiger partial charge in [-0.2, -0.15) is 0 Å². The van der Waals surface area contributed by atoms with Crippen LogP contribution in [0.25, 0.3) is 5.82 Å². The number of nitro groups is 1. The molecule has 0 saturated heterocycles. The normalized spacial score (nSPS) is 10.2. The van der Waals surface area contributed by atoms with Gasteiger partial charge in [0.2, 0.25) is 0 Å².